The normalized spacial score (nSPS) is 38.6. The number of hydrogen-bond donors (Lipinski definition) is 4. The van der Waals surface area contributed by atoms with Gasteiger partial charge in [0, 0.05) is 0 Å². The molecule has 9 nitrogen and oxygen atoms in total. The molecule has 5 unspecified atom stereocenters. The van der Waals surface area contributed by atoms with Crippen molar-refractivity contribution in [1.82, 2.24) is 0 Å². The number of rotatable bonds is 3. The third-order valence-corrected chi connectivity index (χ3v) is 2.55. The minimum Gasteiger partial charge on any atom is -0.790 e. The molecule has 0 aliphatic carbocycles. The molecule has 1 aliphatic heterocycles. The molecule has 0 bridgehead atoms. The molecule has 0 aromatic carbocycles. The average Bonchev–Trinajstić information content (AvgIpc) is 2.17. The van der Waals surface area contributed by atoms with Crippen LogP contribution in [0.3, 0.4) is 0 Å². The van der Waals surface area contributed by atoms with Gasteiger partial charge in [0.1, 0.15) is 24.4 Å². The molecule has 0 saturated carbocycles. The third kappa shape index (κ3) is 5.35. The number of ether oxygens (including phenoxy) is 1. The van der Waals surface area contributed by atoms with Gasteiger partial charge in [-0.2, -0.15) is 0 Å². The van der Waals surface area contributed by atoms with Crippen molar-refractivity contribution in [2.45, 2.75) is 30.7 Å². The molecule has 1 heterocycles. The van der Waals surface area contributed by atoms with Gasteiger partial charge in [-0.3, -0.25) is 0 Å². The summed E-state index contributed by atoms with van der Waals surface area (Å²) in [4.78, 5) is 20.3. The first-order chi connectivity index (χ1) is 7.22. The van der Waals surface area contributed by atoms with Crippen LogP contribution in [0.25, 0.3) is 0 Å². The van der Waals surface area contributed by atoms with Crippen molar-refractivity contribution in [3.8, 4) is 0 Å². The second-order valence-electron chi connectivity index (χ2n) is 3.28. The smallest absolute Gasteiger partial charge is 0.790 e. The van der Waals surface area contributed by atoms with Crippen molar-refractivity contribution < 1.29 is 44.0 Å². The van der Waals surface area contributed by atoms with Crippen molar-refractivity contribution in [3.05, 3.63) is 0 Å². The van der Waals surface area contributed by atoms with E-state index in [2.05, 4.69) is 9.26 Å². The summed E-state index contributed by atoms with van der Waals surface area (Å²) in [7, 11) is -5.23. The summed E-state index contributed by atoms with van der Waals surface area (Å²) in [5.74, 6) is 0. The summed E-state index contributed by atoms with van der Waals surface area (Å²) >= 11 is 0. The number of aliphatic hydroxyl groups is 4. The van der Waals surface area contributed by atoms with Crippen molar-refractivity contribution in [1.29, 1.82) is 0 Å². The zero-order valence-electron chi connectivity index (χ0n) is 8.58. The maximum atomic E-state index is 10.1. The van der Waals surface area contributed by atoms with Crippen LogP contribution in [0.1, 0.15) is 0 Å². The second kappa shape index (κ2) is 7.09. The van der Waals surface area contributed by atoms with Crippen LogP contribution < -0.4 is 9.79 Å². The van der Waals surface area contributed by atoms with Gasteiger partial charge in [-0.25, -0.2) is 0 Å². The fourth-order valence-electron chi connectivity index (χ4n) is 1.23. The van der Waals surface area contributed by atoms with Crippen molar-refractivity contribution in [3.63, 3.8) is 0 Å². The van der Waals surface area contributed by atoms with Crippen LogP contribution in [0, 0.1) is 0 Å². The van der Waals surface area contributed by atoms with E-state index in [4.69, 9.17) is 10.2 Å². The molecule has 4 N–H and O–H groups in total. The Kier molecular flexibility index (Phi) is 7.57. The van der Waals surface area contributed by atoms with Crippen molar-refractivity contribution in [2.24, 2.45) is 0 Å². The van der Waals surface area contributed by atoms with Crippen LogP contribution in [0.5, 0.6) is 0 Å². The topological polar surface area (TPSA) is 163 Å². The van der Waals surface area contributed by atoms with E-state index in [1.165, 1.54) is 0 Å². The predicted molar refractivity (Wildman–Crippen MR) is 48.2 cm³/mol. The van der Waals surface area contributed by atoms with E-state index in [-0.39, 0.29) is 37.7 Å². The maximum absolute atomic E-state index is 10.1. The van der Waals surface area contributed by atoms with Gasteiger partial charge in [0.25, 0.3) is 0 Å². The minimum atomic E-state index is -5.23. The van der Waals surface area contributed by atoms with Gasteiger partial charge in [-0.1, -0.05) is 0 Å². The quantitative estimate of drug-likeness (QED) is 0.296. The Bertz CT molecular complexity index is 283. The average molecular weight is 298 g/mol. The number of phosphoric acid groups is 1. The van der Waals surface area contributed by atoms with E-state index in [1.54, 1.807) is 0 Å². The summed E-state index contributed by atoms with van der Waals surface area (Å²) in [6.07, 6.45) is -8.35. The molecule has 5 atom stereocenters. The van der Waals surface area contributed by atoms with Crippen LogP contribution >= 0.6 is 7.82 Å². The summed E-state index contributed by atoms with van der Waals surface area (Å²) in [6, 6.07) is 0. The van der Waals surface area contributed by atoms with E-state index in [0.717, 1.165) is 0 Å². The van der Waals surface area contributed by atoms with E-state index in [1.807, 2.05) is 0 Å². The van der Waals surface area contributed by atoms with Gasteiger partial charge in [-0.15, -0.1) is 0 Å². The molecular formula is C6H11CaO9P. The monoisotopic (exact) mass is 298 g/mol. The van der Waals surface area contributed by atoms with Gasteiger partial charge in [0.15, 0.2) is 6.29 Å². The van der Waals surface area contributed by atoms with Gasteiger partial charge < -0.3 is 44.0 Å². The zero-order chi connectivity index (χ0) is 12.5. The first-order valence-corrected chi connectivity index (χ1v) is 5.73. The largest absolute Gasteiger partial charge is 2.00 e. The molecule has 1 saturated heterocycles. The summed E-state index contributed by atoms with van der Waals surface area (Å²) in [6.45, 7) is -0.855. The molecule has 1 fully saturated rings. The molecule has 17 heavy (non-hydrogen) atoms. The Hall–Kier alpha value is 1.17. The van der Waals surface area contributed by atoms with Crippen LogP contribution in [-0.2, 0) is 13.8 Å². The second-order valence-corrected chi connectivity index (χ2v) is 4.43. The van der Waals surface area contributed by atoms with Crippen molar-refractivity contribution in [2.75, 3.05) is 6.61 Å². The Morgan fingerprint density at radius 3 is 2.12 bits per heavy atom. The van der Waals surface area contributed by atoms with Gasteiger partial charge in [-0.05, 0) is 0 Å². The zero-order valence-corrected chi connectivity index (χ0v) is 11.7. The molecule has 0 radical (unpaired) electrons. The van der Waals surface area contributed by atoms with E-state index in [9.17, 15) is 24.6 Å². The fraction of sp³-hybridized carbons (Fsp3) is 1.00. The third-order valence-electron chi connectivity index (χ3n) is 2.08. The maximum Gasteiger partial charge on any atom is 2.00 e. The first-order valence-electron chi connectivity index (χ1n) is 4.26. The summed E-state index contributed by atoms with van der Waals surface area (Å²) in [5, 5.41) is 36.6. The summed E-state index contributed by atoms with van der Waals surface area (Å²) < 4.78 is 18.5. The SMILES string of the molecule is O=P([O-])([O-])OCC1OC(O)C(O)C(O)C1O.[Ca+2]. The Labute approximate surface area is 126 Å². The number of phosphoric ester groups is 1. The molecule has 1 rings (SSSR count). The van der Waals surface area contributed by atoms with Crippen LogP contribution in [-0.4, -0.2) is 95.5 Å². The van der Waals surface area contributed by atoms with Gasteiger partial charge >= 0.3 is 37.7 Å². The molecule has 0 aromatic heterocycles. The number of aliphatic hydroxyl groups excluding tert-OH is 4. The molecule has 0 spiro atoms. The Morgan fingerprint density at radius 2 is 1.65 bits per heavy atom. The van der Waals surface area contributed by atoms with Crippen molar-refractivity contribution >= 4 is 45.6 Å². The molecule has 11 heteroatoms. The predicted octanol–water partition coefficient (Wildman–Crippen LogP) is -4.75. The standard InChI is InChI=1S/C6H13O9P.Ca/c7-3-2(1-14-16(11,12)13)15-6(10)5(9)4(3)8;/h2-10H,1H2,(H2,11,12,13);/q;+2/p-2. The van der Waals surface area contributed by atoms with E-state index >= 15 is 0 Å². The first kappa shape index (κ1) is 18.2. The number of hydrogen-bond acceptors (Lipinski definition) is 9. The Morgan fingerprint density at radius 1 is 1.12 bits per heavy atom. The minimum absolute atomic E-state index is 0. The van der Waals surface area contributed by atoms with E-state index in [0.29, 0.717) is 0 Å². The van der Waals surface area contributed by atoms with Crippen LogP contribution in [0.4, 0.5) is 0 Å². The summed E-state index contributed by atoms with van der Waals surface area (Å²) in [5.41, 5.74) is 0. The molecule has 96 valence electrons. The van der Waals surface area contributed by atoms with Crippen LogP contribution in [0.15, 0.2) is 0 Å². The van der Waals surface area contributed by atoms with Crippen LogP contribution in [0.2, 0.25) is 0 Å². The van der Waals surface area contributed by atoms with E-state index < -0.39 is 45.1 Å². The molecule has 0 amide bonds. The molecule has 1 aliphatic rings. The fourth-order valence-corrected chi connectivity index (χ4v) is 1.56. The Balaban J connectivity index is 0.00000256. The molecule has 0 aromatic rings. The molecular weight excluding hydrogens is 287 g/mol. The van der Waals surface area contributed by atoms with Gasteiger partial charge in [0.05, 0.1) is 14.4 Å². The van der Waals surface area contributed by atoms with Gasteiger partial charge in [0.2, 0.25) is 0 Å².